The Morgan fingerprint density at radius 1 is 0.293 bits per heavy atom. The second kappa shape index (κ2) is 70.4. The van der Waals surface area contributed by atoms with E-state index in [-0.39, 0.29) is 25.7 Å². The molecule has 6 atom stereocenters. The summed E-state index contributed by atoms with van der Waals surface area (Å²) in [6.07, 6.45) is 58.3. The van der Waals surface area contributed by atoms with E-state index < -0.39 is 97.5 Å². The number of phosphoric ester groups is 2. The first-order valence-corrected chi connectivity index (χ1v) is 44.4. The summed E-state index contributed by atoms with van der Waals surface area (Å²) in [6, 6.07) is 0. The van der Waals surface area contributed by atoms with Gasteiger partial charge in [-0.1, -0.05) is 363 Å². The van der Waals surface area contributed by atoms with Crippen molar-refractivity contribution < 1.29 is 80.2 Å². The van der Waals surface area contributed by atoms with Gasteiger partial charge in [0.05, 0.1) is 26.4 Å². The molecule has 0 aromatic heterocycles. The van der Waals surface area contributed by atoms with Gasteiger partial charge in [-0.2, -0.15) is 0 Å². The molecule has 0 spiro atoms. The quantitative estimate of drug-likeness (QED) is 0.0222. The highest BCUT2D eigenvalue weighted by molar-refractivity contribution is 7.47. The van der Waals surface area contributed by atoms with Gasteiger partial charge in [-0.3, -0.25) is 37.3 Å². The average molecular weight is 1450 g/mol. The first kappa shape index (κ1) is 97.1. The van der Waals surface area contributed by atoms with E-state index in [0.717, 1.165) is 108 Å². The van der Waals surface area contributed by atoms with Crippen LogP contribution in [0.4, 0.5) is 0 Å². The summed E-state index contributed by atoms with van der Waals surface area (Å²) in [7, 11) is -9.92. The minimum absolute atomic E-state index is 0.105. The largest absolute Gasteiger partial charge is 0.472 e. The topological polar surface area (TPSA) is 237 Å². The van der Waals surface area contributed by atoms with Gasteiger partial charge in [0.15, 0.2) is 12.2 Å². The van der Waals surface area contributed by atoms with Crippen molar-refractivity contribution in [3.8, 4) is 0 Å². The van der Waals surface area contributed by atoms with Gasteiger partial charge in [0.1, 0.15) is 19.3 Å². The fourth-order valence-corrected chi connectivity index (χ4v) is 13.9. The molecule has 0 aromatic rings. The van der Waals surface area contributed by atoms with Gasteiger partial charge in [-0.15, -0.1) is 0 Å². The van der Waals surface area contributed by atoms with Crippen molar-refractivity contribution in [2.45, 2.75) is 433 Å². The summed E-state index contributed by atoms with van der Waals surface area (Å²) >= 11 is 0. The molecule has 19 heteroatoms. The predicted molar refractivity (Wildman–Crippen MR) is 405 cm³/mol. The number of carbonyl (C=O) groups is 4. The predicted octanol–water partition coefficient (Wildman–Crippen LogP) is 23.7. The van der Waals surface area contributed by atoms with Crippen molar-refractivity contribution in [3.05, 3.63) is 0 Å². The number of carbonyl (C=O) groups excluding carboxylic acids is 4. The number of unbranched alkanes of at least 4 members (excludes halogenated alkanes) is 45. The maximum atomic E-state index is 13.1. The second-order valence-corrected chi connectivity index (χ2v) is 32.9. The van der Waals surface area contributed by atoms with Gasteiger partial charge in [-0.25, -0.2) is 9.13 Å². The summed E-state index contributed by atoms with van der Waals surface area (Å²) in [4.78, 5) is 73.0. The van der Waals surface area contributed by atoms with E-state index in [1.165, 1.54) is 218 Å². The summed E-state index contributed by atoms with van der Waals surface area (Å²) in [5.41, 5.74) is 0. The van der Waals surface area contributed by atoms with E-state index in [1.54, 1.807) is 0 Å². The molecule has 0 aromatic carbocycles. The number of rotatable bonds is 78. The van der Waals surface area contributed by atoms with Gasteiger partial charge < -0.3 is 33.8 Å². The fourth-order valence-electron chi connectivity index (χ4n) is 12.3. The van der Waals surface area contributed by atoms with E-state index in [4.69, 9.17) is 37.0 Å². The van der Waals surface area contributed by atoms with Crippen LogP contribution in [0.1, 0.15) is 414 Å². The zero-order chi connectivity index (χ0) is 73.0. The molecule has 0 radical (unpaired) electrons. The third-order valence-electron chi connectivity index (χ3n) is 19.0. The smallest absolute Gasteiger partial charge is 0.462 e. The Balaban J connectivity index is 5.24. The molecule has 0 fully saturated rings. The van der Waals surface area contributed by atoms with Crippen LogP contribution >= 0.6 is 15.6 Å². The van der Waals surface area contributed by atoms with Gasteiger partial charge in [0.2, 0.25) is 0 Å². The number of hydrogen-bond acceptors (Lipinski definition) is 15. The maximum Gasteiger partial charge on any atom is 0.472 e. The Morgan fingerprint density at radius 2 is 0.515 bits per heavy atom. The van der Waals surface area contributed by atoms with Crippen LogP contribution in [0.15, 0.2) is 0 Å². The Morgan fingerprint density at radius 3 is 0.768 bits per heavy atom. The number of hydrogen-bond donors (Lipinski definition) is 3. The van der Waals surface area contributed by atoms with Gasteiger partial charge >= 0.3 is 39.5 Å². The van der Waals surface area contributed by atoms with Crippen molar-refractivity contribution in [2.75, 3.05) is 39.6 Å². The summed E-state index contributed by atoms with van der Waals surface area (Å²) < 4.78 is 68.7. The fraction of sp³-hybridized carbons (Fsp3) is 0.950. The van der Waals surface area contributed by atoms with E-state index in [1.807, 2.05) is 0 Å². The van der Waals surface area contributed by atoms with Crippen molar-refractivity contribution >= 4 is 39.5 Å². The molecule has 0 saturated heterocycles. The lowest BCUT2D eigenvalue weighted by Gasteiger charge is -2.21. The molecule has 0 heterocycles. The molecule has 17 nitrogen and oxygen atoms in total. The monoisotopic (exact) mass is 1450 g/mol. The molecule has 3 unspecified atom stereocenters. The number of phosphoric acid groups is 2. The second-order valence-electron chi connectivity index (χ2n) is 30.0. The van der Waals surface area contributed by atoms with Crippen LogP contribution in [0.2, 0.25) is 0 Å². The Hall–Kier alpha value is -1.94. The van der Waals surface area contributed by atoms with Gasteiger partial charge in [0, 0.05) is 25.7 Å². The van der Waals surface area contributed by atoms with Crippen LogP contribution < -0.4 is 0 Å². The van der Waals surface area contributed by atoms with Crippen LogP contribution in [0, 0.1) is 17.8 Å². The lowest BCUT2D eigenvalue weighted by atomic mass is 9.99. The number of aliphatic hydroxyl groups is 1. The summed E-state index contributed by atoms with van der Waals surface area (Å²) in [6.45, 7) is 11.9. The zero-order valence-electron chi connectivity index (χ0n) is 65.0. The number of esters is 4. The Labute approximate surface area is 607 Å². The van der Waals surface area contributed by atoms with E-state index in [0.29, 0.717) is 31.6 Å². The molecular weight excluding hydrogens is 1290 g/mol. The summed E-state index contributed by atoms with van der Waals surface area (Å²) in [5.74, 6) is 0.176. The standard InChI is InChI=1S/C80H156O17P2/c1-8-10-11-12-13-14-15-16-17-18-19-20-21-22-23-28-34-41-49-56-63-79(84)96-75(67-90-77(82)61-54-47-40-33-27-25-24-26-31-37-44-51-58-71(3)4)69-94-98(86,87)92-65-74(81)66-93-99(88,89)95-70-76(68-91-78(83)62-55-48-43-36-38-45-52-59-72(5)6)97-80(85)64-57-50-42-35-30-29-32-39-46-53-60-73(7)9-2/h71-76,81H,8-70H2,1-7H3,(H,86,87)(H,88,89)/t73?,74-,75-,76-/m1/s1. The molecule has 0 amide bonds. The molecule has 0 aliphatic carbocycles. The third kappa shape index (κ3) is 72.8. The normalized spacial score (nSPS) is 14.3. The van der Waals surface area contributed by atoms with Crippen molar-refractivity contribution in [1.29, 1.82) is 0 Å². The van der Waals surface area contributed by atoms with Crippen molar-refractivity contribution in [2.24, 2.45) is 17.8 Å². The van der Waals surface area contributed by atoms with Crippen molar-refractivity contribution in [1.82, 2.24) is 0 Å². The molecule has 588 valence electrons. The van der Waals surface area contributed by atoms with Crippen LogP contribution in [0.3, 0.4) is 0 Å². The number of ether oxygens (including phenoxy) is 4. The molecule has 0 saturated carbocycles. The first-order valence-electron chi connectivity index (χ1n) is 41.4. The van der Waals surface area contributed by atoms with E-state index >= 15 is 0 Å². The number of aliphatic hydroxyl groups excluding tert-OH is 1. The average Bonchev–Trinajstić information content (AvgIpc) is 1.18. The lowest BCUT2D eigenvalue weighted by Crippen LogP contribution is -2.30. The maximum absolute atomic E-state index is 13.1. The first-order chi connectivity index (χ1) is 47.8. The van der Waals surface area contributed by atoms with Crippen LogP contribution in [0.25, 0.3) is 0 Å². The Bertz CT molecular complexity index is 1920. The highest BCUT2D eigenvalue weighted by Gasteiger charge is 2.30. The van der Waals surface area contributed by atoms with Crippen LogP contribution in [-0.2, 0) is 65.4 Å². The SMILES string of the molecule is CCCCCCCCCCCCCCCCCCCCCCC(=O)O[C@H](COC(=O)CCCCCCCCCCCCCCC(C)C)COP(=O)(O)OC[C@@H](O)COP(=O)(O)OC[C@@H](COC(=O)CCCCCCCCCC(C)C)OC(=O)CCCCCCCCCCCCC(C)CC. The minimum Gasteiger partial charge on any atom is -0.462 e. The zero-order valence-corrected chi connectivity index (χ0v) is 66.8. The minimum atomic E-state index is -4.96. The molecular formula is C80H156O17P2. The van der Waals surface area contributed by atoms with Gasteiger partial charge in [0.25, 0.3) is 0 Å². The summed E-state index contributed by atoms with van der Waals surface area (Å²) in [5, 5.41) is 10.6. The molecule has 99 heavy (non-hydrogen) atoms. The third-order valence-corrected chi connectivity index (χ3v) is 20.9. The molecule has 3 N–H and O–H groups in total. The highest BCUT2D eigenvalue weighted by atomic mass is 31.2. The molecule has 0 aliphatic rings. The molecule has 0 rings (SSSR count). The van der Waals surface area contributed by atoms with Crippen molar-refractivity contribution in [3.63, 3.8) is 0 Å². The molecule has 0 bridgehead atoms. The highest BCUT2D eigenvalue weighted by Crippen LogP contribution is 2.45. The van der Waals surface area contributed by atoms with Crippen LogP contribution in [0.5, 0.6) is 0 Å². The van der Waals surface area contributed by atoms with Crippen LogP contribution in [-0.4, -0.2) is 96.7 Å². The van der Waals surface area contributed by atoms with E-state index in [9.17, 15) is 43.2 Å². The lowest BCUT2D eigenvalue weighted by molar-refractivity contribution is -0.161. The molecule has 0 aliphatic heterocycles. The van der Waals surface area contributed by atoms with Gasteiger partial charge in [-0.05, 0) is 43.4 Å². The van der Waals surface area contributed by atoms with E-state index in [2.05, 4.69) is 48.5 Å². The Kier molecular flexibility index (Phi) is 69.0.